The molecule has 2 aliphatic carbocycles. The third-order valence-electron chi connectivity index (χ3n) is 5.52. The number of nitrogens with two attached hydrogens (primary N) is 1. The minimum atomic E-state index is -0.239. The van der Waals surface area contributed by atoms with Crippen molar-refractivity contribution in [2.24, 2.45) is 22.5 Å². The Hall–Kier alpha value is -0.570. The Balaban J connectivity index is 2.13. The van der Waals surface area contributed by atoms with Gasteiger partial charge in [-0.25, -0.2) is 0 Å². The smallest absolute Gasteiger partial charge is 0.120 e. The second-order valence-corrected chi connectivity index (χ2v) is 6.33. The van der Waals surface area contributed by atoms with Gasteiger partial charge in [-0.3, -0.25) is 5.41 Å². The van der Waals surface area contributed by atoms with E-state index in [1.165, 1.54) is 12.8 Å². The fraction of sp³-hybridized carbons (Fsp3) is 0.923. The first-order valence-corrected chi connectivity index (χ1v) is 6.28. The zero-order valence-electron chi connectivity index (χ0n) is 10.8. The van der Waals surface area contributed by atoms with Gasteiger partial charge in [0.05, 0.1) is 6.10 Å². The minimum Gasteiger partial charge on any atom is -0.385 e. The number of fused-ring (bicyclic) bond motifs is 2. The van der Waals surface area contributed by atoms with Crippen LogP contribution in [0.15, 0.2) is 0 Å². The molecule has 92 valence electrons. The molecule has 0 spiro atoms. The molecular formula is C13H24N2O. The summed E-state index contributed by atoms with van der Waals surface area (Å²) in [6, 6.07) is 0. The molecule has 3 heteroatoms. The highest BCUT2D eigenvalue weighted by molar-refractivity contribution is 5.81. The summed E-state index contributed by atoms with van der Waals surface area (Å²) in [4.78, 5) is 0. The van der Waals surface area contributed by atoms with Crippen LogP contribution in [0.4, 0.5) is 0 Å². The fourth-order valence-corrected chi connectivity index (χ4v) is 3.66. The molecular weight excluding hydrogens is 200 g/mol. The van der Waals surface area contributed by atoms with Crippen molar-refractivity contribution in [2.45, 2.75) is 59.2 Å². The molecule has 2 rings (SSSR count). The van der Waals surface area contributed by atoms with Gasteiger partial charge in [-0.2, -0.15) is 0 Å². The average molecular weight is 224 g/mol. The van der Waals surface area contributed by atoms with Gasteiger partial charge >= 0.3 is 0 Å². The van der Waals surface area contributed by atoms with E-state index in [4.69, 9.17) is 15.9 Å². The molecule has 0 radical (unpaired) electrons. The molecule has 0 amide bonds. The van der Waals surface area contributed by atoms with Crippen molar-refractivity contribution in [1.82, 2.24) is 0 Å². The lowest BCUT2D eigenvalue weighted by atomic mass is 9.70. The van der Waals surface area contributed by atoms with Gasteiger partial charge < -0.3 is 10.5 Å². The van der Waals surface area contributed by atoms with E-state index in [2.05, 4.69) is 20.8 Å². The van der Waals surface area contributed by atoms with Gasteiger partial charge in [-0.05, 0) is 42.9 Å². The SMILES string of the molecule is CC(OC1CC2CCC1(C)C2(C)C)C(=N)N. The van der Waals surface area contributed by atoms with Gasteiger partial charge in [0.15, 0.2) is 0 Å². The Labute approximate surface area is 98.2 Å². The average Bonchev–Trinajstić information content (AvgIpc) is 2.50. The Kier molecular flexibility index (Phi) is 2.57. The quantitative estimate of drug-likeness (QED) is 0.571. The Bertz CT molecular complexity index is 313. The normalized spacial score (nSPS) is 42.2. The first-order chi connectivity index (χ1) is 7.29. The van der Waals surface area contributed by atoms with Gasteiger partial charge in [0.25, 0.3) is 0 Å². The van der Waals surface area contributed by atoms with Crippen molar-refractivity contribution in [3.63, 3.8) is 0 Å². The zero-order valence-corrected chi connectivity index (χ0v) is 10.8. The third kappa shape index (κ3) is 1.41. The highest BCUT2D eigenvalue weighted by atomic mass is 16.5. The topological polar surface area (TPSA) is 59.1 Å². The molecule has 4 atom stereocenters. The molecule has 4 unspecified atom stereocenters. The van der Waals surface area contributed by atoms with Crippen molar-refractivity contribution in [2.75, 3.05) is 0 Å². The highest BCUT2D eigenvalue weighted by Gasteiger charge is 2.62. The summed E-state index contributed by atoms with van der Waals surface area (Å²) in [7, 11) is 0. The maximum Gasteiger partial charge on any atom is 0.120 e. The van der Waals surface area contributed by atoms with Crippen LogP contribution in [-0.4, -0.2) is 18.0 Å². The number of ether oxygens (including phenoxy) is 1. The maximum absolute atomic E-state index is 7.41. The van der Waals surface area contributed by atoms with Crippen molar-refractivity contribution in [1.29, 1.82) is 5.41 Å². The van der Waals surface area contributed by atoms with Gasteiger partial charge in [0.2, 0.25) is 0 Å². The van der Waals surface area contributed by atoms with Crippen LogP contribution in [0.25, 0.3) is 0 Å². The molecule has 16 heavy (non-hydrogen) atoms. The van der Waals surface area contributed by atoms with Crippen LogP contribution in [0.3, 0.4) is 0 Å². The first-order valence-electron chi connectivity index (χ1n) is 6.28. The van der Waals surface area contributed by atoms with Crippen LogP contribution in [0, 0.1) is 22.2 Å². The number of rotatable bonds is 3. The molecule has 2 saturated carbocycles. The van der Waals surface area contributed by atoms with E-state index >= 15 is 0 Å². The third-order valence-corrected chi connectivity index (χ3v) is 5.52. The molecule has 0 aromatic rings. The van der Waals surface area contributed by atoms with E-state index in [1.807, 2.05) is 6.92 Å². The van der Waals surface area contributed by atoms with Gasteiger partial charge in [-0.1, -0.05) is 20.8 Å². The second kappa shape index (κ2) is 3.46. The molecule has 2 fully saturated rings. The van der Waals surface area contributed by atoms with E-state index in [0.29, 0.717) is 5.41 Å². The summed E-state index contributed by atoms with van der Waals surface area (Å²) in [6.45, 7) is 8.96. The highest BCUT2D eigenvalue weighted by Crippen LogP contribution is 2.66. The van der Waals surface area contributed by atoms with E-state index in [9.17, 15) is 0 Å². The van der Waals surface area contributed by atoms with Crippen molar-refractivity contribution >= 4 is 5.84 Å². The monoisotopic (exact) mass is 224 g/mol. The van der Waals surface area contributed by atoms with Crippen LogP contribution >= 0.6 is 0 Å². The number of hydrogen-bond acceptors (Lipinski definition) is 2. The fourth-order valence-electron chi connectivity index (χ4n) is 3.66. The molecule has 0 aromatic heterocycles. The minimum absolute atomic E-state index is 0.143. The van der Waals surface area contributed by atoms with Crippen LogP contribution < -0.4 is 5.73 Å². The summed E-state index contributed by atoms with van der Waals surface area (Å²) in [5, 5.41) is 7.41. The van der Waals surface area contributed by atoms with Gasteiger partial charge in [0, 0.05) is 0 Å². The molecule has 0 aromatic carbocycles. The molecule has 0 aliphatic heterocycles. The zero-order chi connectivity index (χ0) is 12.1. The molecule has 3 N–H and O–H groups in total. The Morgan fingerprint density at radius 2 is 2.06 bits per heavy atom. The van der Waals surface area contributed by atoms with Crippen LogP contribution in [-0.2, 0) is 4.74 Å². The molecule has 3 nitrogen and oxygen atoms in total. The van der Waals surface area contributed by atoms with E-state index in [-0.39, 0.29) is 23.5 Å². The Morgan fingerprint density at radius 3 is 2.44 bits per heavy atom. The largest absolute Gasteiger partial charge is 0.385 e. The van der Waals surface area contributed by atoms with Crippen molar-refractivity contribution < 1.29 is 4.74 Å². The lowest BCUT2D eigenvalue weighted by Crippen LogP contribution is -2.41. The standard InChI is InChI=1S/C13H24N2O/c1-8(11(14)15)16-10-7-9-5-6-13(10,4)12(9,2)3/h8-10H,5-7H2,1-4H3,(H3,14,15). The van der Waals surface area contributed by atoms with Gasteiger partial charge in [-0.15, -0.1) is 0 Å². The Morgan fingerprint density at radius 1 is 1.44 bits per heavy atom. The first kappa shape index (κ1) is 11.9. The summed E-state index contributed by atoms with van der Waals surface area (Å²) < 4.78 is 6.00. The number of nitrogens with one attached hydrogen (secondary N) is 1. The van der Waals surface area contributed by atoms with Crippen LogP contribution in [0.5, 0.6) is 0 Å². The van der Waals surface area contributed by atoms with Crippen LogP contribution in [0.2, 0.25) is 0 Å². The molecule has 0 heterocycles. The molecule has 2 aliphatic rings. The predicted octanol–water partition coefficient (Wildman–Crippen LogP) is 2.54. The van der Waals surface area contributed by atoms with Crippen LogP contribution in [0.1, 0.15) is 47.0 Å². The summed E-state index contributed by atoms with van der Waals surface area (Å²) >= 11 is 0. The van der Waals surface area contributed by atoms with Crippen molar-refractivity contribution in [3.05, 3.63) is 0 Å². The van der Waals surface area contributed by atoms with Gasteiger partial charge in [0.1, 0.15) is 11.9 Å². The van der Waals surface area contributed by atoms with E-state index in [1.54, 1.807) is 0 Å². The number of hydrogen-bond donors (Lipinski definition) is 2. The van der Waals surface area contributed by atoms with E-state index in [0.717, 1.165) is 12.3 Å². The summed E-state index contributed by atoms with van der Waals surface area (Å²) in [5.41, 5.74) is 6.12. The maximum atomic E-state index is 7.41. The summed E-state index contributed by atoms with van der Waals surface area (Å²) in [5.74, 6) is 0.922. The van der Waals surface area contributed by atoms with Crippen molar-refractivity contribution in [3.8, 4) is 0 Å². The lowest BCUT2D eigenvalue weighted by molar-refractivity contribution is -0.0597. The summed E-state index contributed by atoms with van der Waals surface area (Å²) in [6.07, 6.45) is 3.76. The number of amidine groups is 1. The lowest BCUT2D eigenvalue weighted by Gasteiger charge is -2.39. The molecule has 0 saturated heterocycles. The molecule has 2 bridgehead atoms. The second-order valence-electron chi connectivity index (χ2n) is 6.33. The predicted molar refractivity (Wildman–Crippen MR) is 65.5 cm³/mol. The van der Waals surface area contributed by atoms with E-state index < -0.39 is 0 Å².